The van der Waals surface area contributed by atoms with Crippen LogP contribution in [0.1, 0.15) is 60.8 Å². The van der Waals surface area contributed by atoms with E-state index in [0.717, 1.165) is 16.9 Å². The van der Waals surface area contributed by atoms with Crippen LogP contribution in [0.3, 0.4) is 0 Å². The number of aryl methyl sites for hydroxylation is 1. The minimum atomic E-state index is -0.430. The number of nitrogens with zero attached hydrogens (tertiary/aromatic N) is 2. The Kier molecular flexibility index (Phi) is 13.2. The Labute approximate surface area is 268 Å². The maximum Gasteiger partial charge on any atom is 0.251 e. The number of halogens is 1. The third kappa shape index (κ3) is 12.0. The van der Waals surface area contributed by atoms with Crippen LogP contribution in [0.2, 0.25) is 0 Å². The Morgan fingerprint density at radius 3 is 2.11 bits per heavy atom. The third-order valence-corrected chi connectivity index (χ3v) is 7.10. The zero-order valence-electron chi connectivity index (χ0n) is 27.6. The highest BCUT2D eigenvalue weighted by Gasteiger charge is 2.24. The van der Waals surface area contributed by atoms with Gasteiger partial charge in [-0.2, -0.15) is 0 Å². The molecule has 0 spiro atoms. The lowest BCUT2D eigenvalue weighted by atomic mass is 10.0. The average Bonchev–Trinajstić information content (AvgIpc) is 3.02. The second-order valence-corrected chi connectivity index (χ2v) is 12.8. The van der Waals surface area contributed by atoms with Gasteiger partial charge >= 0.3 is 0 Å². The molecular formula is C37H48FN3O4. The summed E-state index contributed by atoms with van der Waals surface area (Å²) in [5.41, 5.74) is 3.44. The molecule has 1 unspecified atom stereocenters. The summed E-state index contributed by atoms with van der Waals surface area (Å²) in [5.74, 6) is 0.866. The lowest BCUT2D eigenvalue weighted by Crippen LogP contribution is -2.49. The molecule has 7 nitrogen and oxygen atoms in total. The van der Waals surface area contributed by atoms with Crippen LogP contribution in [-0.2, 0) is 11.2 Å². The highest BCUT2D eigenvalue weighted by Crippen LogP contribution is 2.26. The lowest BCUT2D eigenvalue weighted by molar-refractivity contribution is -0.127. The number of methoxy groups -OCH3 is 1. The molecule has 0 aliphatic carbocycles. The molecule has 45 heavy (non-hydrogen) atoms. The Morgan fingerprint density at radius 2 is 1.56 bits per heavy atom. The van der Waals surface area contributed by atoms with Crippen molar-refractivity contribution in [1.29, 1.82) is 0 Å². The molecule has 1 fully saturated rings. The number of carbonyl (C=O) groups excluding carboxylic acids is 2. The van der Waals surface area contributed by atoms with E-state index in [0.29, 0.717) is 68.0 Å². The first-order valence-electron chi connectivity index (χ1n) is 15.4. The number of piperazine rings is 1. The Bertz CT molecular complexity index is 1390. The zero-order valence-corrected chi connectivity index (χ0v) is 27.6. The molecule has 3 aromatic rings. The van der Waals surface area contributed by atoms with Gasteiger partial charge < -0.3 is 19.7 Å². The summed E-state index contributed by atoms with van der Waals surface area (Å²) in [7, 11) is 1.63. The Balaban J connectivity index is 0.00000102. The first-order valence-corrected chi connectivity index (χ1v) is 15.4. The van der Waals surface area contributed by atoms with Gasteiger partial charge in [0, 0.05) is 44.8 Å². The number of carbonyl (C=O) groups is 2. The van der Waals surface area contributed by atoms with Gasteiger partial charge in [0.25, 0.3) is 5.91 Å². The minimum Gasteiger partial charge on any atom is -0.497 e. The van der Waals surface area contributed by atoms with Gasteiger partial charge in [0.05, 0.1) is 7.11 Å². The van der Waals surface area contributed by atoms with Gasteiger partial charge in [-0.1, -0.05) is 58.5 Å². The molecule has 1 aliphatic rings. The Hall–Kier alpha value is -4.17. The topological polar surface area (TPSA) is 71.1 Å². The number of hydrogen-bond donors (Lipinski definition) is 1. The maximum absolute atomic E-state index is 14.4. The molecule has 8 heteroatoms. The van der Waals surface area contributed by atoms with Gasteiger partial charge in [-0.3, -0.25) is 14.5 Å². The molecular weight excluding hydrogens is 569 g/mol. The fourth-order valence-electron chi connectivity index (χ4n) is 4.60. The molecule has 1 N–H and O–H groups in total. The van der Waals surface area contributed by atoms with E-state index in [2.05, 4.69) is 44.5 Å². The van der Waals surface area contributed by atoms with Gasteiger partial charge in [-0.25, -0.2) is 4.39 Å². The summed E-state index contributed by atoms with van der Waals surface area (Å²) in [6.45, 7) is 17.7. The smallest absolute Gasteiger partial charge is 0.251 e. The molecule has 3 aromatic carbocycles. The number of ether oxygens (including phenoxy) is 2. The normalized spacial score (nSPS) is 14.1. The largest absolute Gasteiger partial charge is 0.497 e. The predicted octanol–water partition coefficient (Wildman–Crippen LogP) is 6.62. The van der Waals surface area contributed by atoms with E-state index >= 15 is 0 Å². The molecule has 1 heterocycles. The van der Waals surface area contributed by atoms with Crippen LogP contribution in [0, 0.1) is 18.2 Å². The predicted molar refractivity (Wildman–Crippen MR) is 178 cm³/mol. The van der Waals surface area contributed by atoms with E-state index in [4.69, 9.17) is 9.47 Å². The van der Waals surface area contributed by atoms with Crippen LogP contribution >= 0.6 is 0 Å². The van der Waals surface area contributed by atoms with E-state index in [1.165, 1.54) is 12.1 Å². The highest BCUT2D eigenvalue weighted by molar-refractivity contribution is 5.94. The molecule has 1 saturated heterocycles. The van der Waals surface area contributed by atoms with Gasteiger partial charge in [0.1, 0.15) is 23.4 Å². The van der Waals surface area contributed by atoms with E-state index in [9.17, 15) is 14.0 Å². The standard InChI is InChI=1S/C32H36FN3O4.C5H12/c1-4-31(37)36-19-17-35(18-20-36)22-30(26-8-5-23(2)29(33)21-26)40-28-13-9-25(10-14-28)32(38)34-16-15-24-6-11-27(39-3)12-7-24;1-5(2,3)4/h4-14,21,30H,1,15-20,22H2,2-3H3,(H,34,38);1-4H3. The van der Waals surface area contributed by atoms with Crippen molar-refractivity contribution < 1.29 is 23.5 Å². The third-order valence-electron chi connectivity index (χ3n) is 7.10. The summed E-state index contributed by atoms with van der Waals surface area (Å²) in [5, 5.41) is 2.95. The van der Waals surface area contributed by atoms with E-state index < -0.39 is 6.10 Å². The minimum absolute atomic E-state index is 0.0714. The summed E-state index contributed by atoms with van der Waals surface area (Å²) in [6.07, 6.45) is 1.62. The van der Waals surface area contributed by atoms with Crippen LogP contribution < -0.4 is 14.8 Å². The molecule has 0 radical (unpaired) electrons. The summed E-state index contributed by atoms with van der Waals surface area (Å²) in [4.78, 5) is 28.6. The number of nitrogens with one attached hydrogen (secondary N) is 1. The number of benzene rings is 3. The van der Waals surface area contributed by atoms with E-state index in [1.807, 2.05) is 30.3 Å². The molecule has 0 saturated carbocycles. The van der Waals surface area contributed by atoms with Crippen molar-refractivity contribution in [2.45, 2.75) is 47.1 Å². The van der Waals surface area contributed by atoms with Crippen molar-refractivity contribution in [1.82, 2.24) is 15.1 Å². The first kappa shape index (κ1) is 35.3. The van der Waals surface area contributed by atoms with Crippen LogP contribution in [0.15, 0.2) is 79.4 Å². The zero-order chi connectivity index (χ0) is 33.0. The summed E-state index contributed by atoms with van der Waals surface area (Å²) in [6, 6.07) is 19.9. The van der Waals surface area contributed by atoms with Crippen molar-refractivity contribution in [3.8, 4) is 11.5 Å². The van der Waals surface area contributed by atoms with Crippen molar-refractivity contribution in [3.05, 3.63) is 107 Å². The van der Waals surface area contributed by atoms with Crippen LogP contribution in [-0.4, -0.2) is 68.0 Å². The summed E-state index contributed by atoms with van der Waals surface area (Å²) >= 11 is 0. The van der Waals surface area contributed by atoms with Gasteiger partial charge in [0.15, 0.2) is 0 Å². The molecule has 0 aromatic heterocycles. The SMILES string of the molecule is C=CC(=O)N1CCN(CC(Oc2ccc(C(=O)NCCc3ccc(OC)cc3)cc2)c2ccc(C)c(F)c2)CC1.CC(C)(C)C. The van der Waals surface area contributed by atoms with Crippen LogP contribution in [0.25, 0.3) is 0 Å². The number of rotatable bonds is 11. The first-order chi connectivity index (χ1) is 21.4. The molecule has 1 aliphatic heterocycles. The quantitative estimate of drug-likeness (QED) is 0.245. The van der Waals surface area contributed by atoms with Crippen LogP contribution in [0.5, 0.6) is 11.5 Å². The van der Waals surface area contributed by atoms with Crippen LogP contribution in [0.4, 0.5) is 4.39 Å². The van der Waals surface area contributed by atoms with Crippen molar-refractivity contribution in [2.24, 2.45) is 5.41 Å². The van der Waals surface area contributed by atoms with E-state index in [1.54, 1.807) is 49.3 Å². The molecule has 4 rings (SSSR count). The number of hydrogen-bond acceptors (Lipinski definition) is 5. The lowest BCUT2D eigenvalue weighted by Gasteiger charge is -2.36. The van der Waals surface area contributed by atoms with Gasteiger partial charge in [-0.15, -0.1) is 0 Å². The fraction of sp³-hybridized carbons (Fsp3) is 0.405. The van der Waals surface area contributed by atoms with Gasteiger partial charge in [-0.05, 0) is 84.0 Å². The van der Waals surface area contributed by atoms with E-state index in [-0.39, 0.29) is 17.6 Å². The fourth-order valence-corrected chi connectivity index (χ4v) is 4.60. The second-order valence-electron chi connectivity index (χ2n) is 12.8. The molecule has 0 bridgehead atoms. The summed E-state index contributed by atoms with van der Waals surface area (Å²) < 4.78 is 26.0. The van der Waals surface area contributed by atoms with Crippen molar-refractivity contribution in [3.63, 3.8) is 0 Å². The molecule has 242 valence electrons. The monoisotopic (exact) mass is 617 g/mol. The van der Waals surface area contributed by atoms with Crippen molar-refractivity contribution in [2.75, 3.05) is 46.4 Å². The second kappa shape index (κ2) is 16.8. The highest BCUT2D eigenvalue weighted by atomic mass is 19.1. The van der Waals surface area contributed by atoms with Crippen molar-refractivity contribution >= 4 is 11.8 Å². The molecule has 2 amide bonds. The Morgan fingerprint density at radius 1 is 0.956 bits per heavy atom. The maximum atomic E-state index is 14.4. The van der Waals surface area contributed by atoms with Gasteiger partial charge in [0.2, 0.25) is 5.91 Å². The average molecular weight is 618 g/mol. The number of amides is 2. The molecule has 1 atom stereocenters.